The lowest BCUT2D eigenvalue weighted by molar-refractivity contribution is -0.239. The van der Waals surface area contributed by atoms with Crippen molar-refractivity contribution in [3.8, 4) is 5.75 Å². The Hall–Kier alpha value is -1.76. The summed E-state index contributed by atoms with van der Waals surface area (Å²) in [6.45, 7) is 0.420. The zero-order chi connectivity index (χ0) is 18.6. The van der Waals surface area contributed by atoms with Gasteiger partial charge in [0, 0.05) is 6.92 Å². The number of carbonyl (C=O) groups is 1. The summed E-state index contributed by atoms with van der Waals surface area (Å²) in [5, 5.41) is 22.1. The third kappa shape index (κ3) is 5.36. The standard InChI is InChI=1S/C14H19NO9S/c1-8(17)15-11-12(18)13(24-25(19,20)21)10(7-16)23-14(11)22-9-5-3-2-4-6-9/h2-6,10-14,16,18H,7H2,1H3,(H,15,17)(H,19,20,21)/p-1/t10?,11?,12?,13?,14-/m1/s1. The van der Waals surface area contributed by atoms with Gasteiger partial charge in [-0.2, -0.15) is 0 Å². The molecule has 1 aliphatic rings. The van der Waals surface area contributed by atoms with E-state index < -0.39 is 53.6 Å². The predicted molar refractivity (Wildman–Crippen MR) is 81.0 cm³/mol. The average Bonchev–Trinajstić information content (AvgIpc) is 2.53. The Balaban J connectivity index is 2.27. The van der Waals surface area contributed by atoms with E-state index in [2.05, 4.69) is 9.50 Å². The lowest BCUT2D eigenvalue weighted by Crippen LogP contribution is -2.66. The van der Waals surface area contributed by atoms with E-state index in [0.29, 0.717) is 5.75 Å². The first-order valence-corrected chi connectivity index (χ1v) is 8.62. The summed E-state index contributed by atoms with van der Waals surface area (Å²) >= 11 is 0. The number of aliphatic hydroxyl groups is 2. The molecule has 1 amide bonds. The summed E-state index contributed by atoms with van der Waals surface area (Å²) in [6, 6.07) is 7.06. The van der Waals surface area contributed by atoms with Crippen LogP contribution >= 0.6 is 0 Å². The van der Waals surface area contributed by atoms with E-state index in [1.54, 1.807) is 30.3 Å². The summed E-state index contributed by atoms with van der Waals surface area (Å²) in [6.07, 6.45) is -6.02. The van der Waals surface area contributed by atoms with Gasteiger partial charge in [-0.05, 0) is 12.1 Å². The molecule has 1 aromatic carbocycles. The van der Waals surface area contributed by atoms with Gasteiger partial charge in [0.05, 0.1) is 6.61 Å². The molecule has 10 nitrogen and oxygen atoms in total. The topological polar surface area (TPSA) is 154 Å². The number of amides is 1. The molecule has 5 atom stereocenters. The average molecular weight is 376 g/mol. The second-order valence-electron chi connectivity index (χ2n) is 5.34. The number of benzene rings is 1. The van der Waals surface area contributed by atoms with Gasteiger partial charge in [-0.15, -0.1) is 0 Å². The highest BCUT2D eigenvalue weighted by molar-refractivity contribution is 7.80. The van der Waals surface area contributed by atoms with Crippen LogP contribution in [0, 0.1) is 0 Å². The maximum Gasteiger partial charge on any atom is 0.223 e. The number of hydrogen-bond acceptors (Lipinski definition) is 9. The van der Waals surface area contributed by atoms with E-state index in [1.165, 1.54) is 6.92 Å². The highest BCUT2D eigenvalue weighted by Crippen LogP contribution is 2.27. The fourth-order valence-electron chi connectivity index (χ4n) is 2.44. The molecule has 2 rings (SSSR count). The van der Waals surface area contributed by atoms with Gasteiger partial charge in [-0.1, -0.05) is 18.2 Å². The molecular weight excluding hydrogens is 358 g/mol. The summed E-state index contributed by atoms with van der Waals surface area (Å²) in [4.78, 5) is 11.4. The fraction of sp³-hybridized carbons (Fsp3) is 0.500. The normalized spacial score (nSPS) is 29.8. The summed E-state index contributed by atoms with van der Waals surface area (Å²) in [7, 11) is -5.18. The van der Waals surface area contributed by atoms with Crippen molar-refractivity contribution in [2.75, 3.05) is 6.61 Å². The van der Waals surface area contributed by atoms with Gasteiger partial charge in [-0.25, -0.2) is 8.42 Å². The van der Waals surface area contributed by atoms with Crippen molar-refractivity contribution in [1.29, 1.82) is 0 Å². The number of nitrogens with one attached hydrogen (secondary N) is 1. The first-order chi connectivity index (χ1) is 11.7. The lowest BCUT2D eigenvalue weighted by atomic mass is 9.97. The van der Waals surface area contributed by atoms with Crippen molar-refractivity contribution >= 4 is 16.3 Å². The highest BCUT2D eigenvalue weighted by Gasteiger charge is 2.48. The number of carbonyl (C=O) groups excluding carboxylic acids is 1. The molecule has 25 heavy (non-hydrogen) atoms. The first-order valence-electron chi connectivity index (χ1n) is 7.28. The van der Waals surface area contributed by atoms with Crippen molar-refractivity contribution in [3.63, 3.8) is 0 Å². The van der Waals surface area contributed by atoms with Crippen LogP contribution in [0.25, 0.3) is 0 Å². The molecule has 140 valence electrons. The molecule has 0 aromatic heterocycles. The molecule has 1 aromatic rings. The second kappa shape index (κ2) is 8.08. The summed E-state index contributed by atoms with van der Waals surface area (Å²) in [5.41, 5.74) is 0. The molecule has 0 bridgehead atoms. The van der Waals surface area contributed by atoms with Crippen molar-refractivity contribution in [2.45, 2.75) is 37.6 Å². The SMILES string of the molecule is CC(=O)NC1C(O)C(OS(=O)(=O)[O-])C(CO)O[C@H]1Oc1ccccc1. The second-order valence-corrected chi connectivity index (χ2v) is 6.35. The van der Waals surface area contributed by atoms with Gasteiger partial charge in [0.2, 0.25) is 22.6 Å². The van der Waals surface area contributed by atoms with Crippen LogP contribution in [-0.4, -0.2) is 66.3 Å². The Morgan fingerprint density at radius 3 is 2.52 bits per heavy atom. The van der Waals surface area contributed by atoms with Crippen LogP contribution in [-0.2, 0) is 24.1 Å². The molecule has 4 unspecified atom stereocenters. The minimum absolute atomic E-state index is 0.350. The minimum atomic E-state index is -5.18. The van der Waals surface area contributed by atoms with Crippen LogP contribution in [0.1, 0.15) is 6.92 Å². The summed E-state index contributed by atoms with van der Waals surface area (Å²) in [5.74, 6) is -0.206. The van der Waals surface area contributed by atoms with E-state index in [1.807, 2.05) is 0 Å². The van der Waals surface area contributed by atoms with Gasteiger partial charge in [-0.3, -0.25) is 8.98 Å². The van der Waals surface area contributed by atoms with Crippen LogP contribution in [0.4, 0.5) is 0 Å². The Labute approximate surface area is 144 Å². The fourth-order valence-corrected chi connectivity index (χ4v) is 2.95. The Morgan fingerprint density at radius 2 is 2.00 bits per heavy atom. The van der Waals surface area contributed by atoms with Crippen LogP contribution in [0.15, 0.2) is 30.3 Å². The number of hydrogen-bond donors (Lipinski definition) is 3. The maximum absolute atomic E-state index is 11.4. The van der Waals surface area contributed by atoms with Crippen molar-refractivity contribution in [3.05, 3.63) is 30.3 Å². The molecule has 3 N–H and O–H groups in total. The van der Waals surface area contributed by atoms with Crippen molar-refractivity contribution < 1.29 is 41.6 Å². The molecule has 1 heterocycles. The molecule has 1 fully saturated rings. The molecule has 1 saturated heterocycles. The first kappa shape index (κ1) is 19.6. The zero-order valence-electron chi connectivity index (χ0n) is 13.1. The van der Waals surface area contributed by atoms with Crippen LogP contribution < -0.4 is 10.1 Å². The molecule has 0 spiro atoms. The van der Waals surface area contributed by atoms with E-state index in [4.69, 9.17) is 9.47 Å². The van der Waals surface area contributed by atoms with Gasteiger partial charge in [0.25, 0.3) is 0 Å². The molecule has 0 radical (unpaired) electrons. The van der Waals surface area contributed by atoms with Gasteiger partial charge in [0.1, 0.15) is 30.1 Å². The van der Waals surface area contributed by atoms with Crippen molar-refractivity contribution in [2.24, 2.45) is 0 Å². The van der Waals surface area contributed by atoms with Crippen molar-refractivity contribution in [1.82, 2.24) is 5.32 Å². The monoisotopic (exact) mass is 376 g/mol. The molecule has 11 heteroatoms. The molecule has 0 saturated carbocycles. The smallest absolute Gasteiger partial charge is 0.223 e. The van der Waals surface area contributed by atoms with Crippen LogP contribution in [0.2, 0.25) is 0 Å². The largest absolute Gasteiger partial charge is 0.726 e. The van der Waals surface area contributed by atoms with E-state index in [9.17, 15) is 28.0 Å². The molecular formula is C14H18NO9S-. The zero-order valence-corrected chi connectivity index (χ0v) is 14.0. The number of rotatable bonds is 6. The quantitative estimate of drug-likeness (QED) is 0.397. The maximum atomic E-state index is 11.4. The van der Waals surface area contributed by atoms with Crippen LogP contribution in [0.3, 0.4) is 0 Å². The van der Waals surface area contributed by atoms with Gasteiger partial charge < -0.3 is 29.6 Å². The van der Waals surface area contributed by atoms with Gasteiger partial charge in [0.15, 0.2) is 0 Å². The van der Waals surface area contributed by atoms with E-state index in [-0.39, 0.29) is 0 Å². The Kier molecular flexibility index (Phi) is 6.32. The Bertz CT molecular complexity index is 681. The third-order valence-corrected chi connectivity index (χ3v) is 3.91. The minimum Gasteiger partial charge on any atom is -0.726 e. The number of para-hydroxylation sites is 1. The molecule has 1 aliphatic heterocycles. The Morgan fingerprint density at radius 1 is 1.36 bits per heavy atom. The van der Waals surface area contributed by atoms with E-state index >= 15 is 0 Å². The lowest BCUT2D eigenvalue weighted by Gasteiger charge is -2.43. The van der Waals surface area contributed by atoms with E-state index in [0.717, 1.165) is 0 Å². The number of ether oxygens (including phenoxy) is 2. The number of aliphatic hydroxyl groups excluding tert-OH is 2. The third-order valence-electron chi connectivity index (χ3n) is 3.45. The molecule has 0 aliphatic carbocycles. The summed E-state index contributed by atoms with van der Waals surface area (Å²) < 4.78 is 47.8. The predicted octanol–water partition coefficient (Wildman–Crippen LogP) is -1.51. The highest BCUT2D eigenvalue weighted by atomic mass is 32.3. The van der Waals surface area contributed by atoms with Crippen LogP contribution in [0.5, 0.6) is 5.75 Å². The van der Waals surface area contributed by atoms with Gasteiger partial charge >= 0.3 is 0 Å².